The molecule has 1 aromatic carbocycles. The molecular weight excluding hydrogens is 262 g/mol. The van der Waals surface area contributed by atoms with Crippen molar-refractivity contribution in [2.24, 2.45) is 0 Å². The van der Waals surface area contributed by atoms with Crippen molar-refractivity contribution in [1.29, 1.82) is 0 Å². The predicted molar refractivity (Wildman–Crippen MR) is 65.5 cm³/mol. The van der Waals surface area contributed by atoms with E-state index in [1.807, 2.05) is 6.92 Å². The van der Waals surface area contributed by atoms with Crippen LogP contribution in [0.1, 0.15) is 20.3 Å². The smallest absolute Gasteiger partial charge is 0.246 e. The number of hydrogen-bond acceptors (Lipinski definition) is 3. The minimum Gasteiger partial charge on any atom is -0.396 e. The summed E-state index contributed by atoms with van der Waals surface area (Å²) in [7, 11) is -3.97. The first-order valence-corrected chi connectivity index (χ1v) is 7.03. The van der Waals surface area contributed by atoms with Crippen molar-refractivity contribution in [3.8, 4) is 0 Å². The standard InChI is InChI=1S/C11H16F2N2O2S/c1-3-5-15(4-2)18(16,17)11-7-10(14)8(12)6-9(11)13/h6-7H,3-5,14H2,1-2H3. The summed E-state index contributed by atoms with van der Waals surface area (Å²) in [5.74, 6) is -2.10. The van der Waals surface area contributed by atoms with Gasteiger partial charge in [-0.05, 0) is 12.5 Å². The lowest BCUT2D eigenvalue weighted by Crippen LogP contribution is -2.32. The largest absolute Gasteiger partial charge is 0.396 e. The number of halogens is 2. The Kier molecular flexibility index (Phi) is 4.64. The van der Waals surface area contributed by atoms with Crippen molar-refractivity contribution < 1.29 is 17.2 Å². The van der Waals surface area contributed by atoms with Crippen molar-refractivity contribution in [3.63, 3.8) is 0 Å². The van der Waals surface area contributed by atoms with Crippen LogP contribution in [0.15, 0.2) is 17.0 Å². The van der Waals surface area contributed by atoms with Gasteiger partial charge in [-0.1, -0.05) is 13.8 Å². The average molecular weight is 278 g/mol. The number of nitrogens with two attached hydrogens (primary N) is 1. The van der Waals surface area contributed by atoms with Gasteiger partial charge in [-0.15, -0.1) is 0 Å². The third kappa shape index (κ3) is 2.78. The van der Waals surface area contributed by atoms with Crippen molar-refractivity contribution in [2.75, 3.05) is 18.8 Å². The second kappa shape index (κ2) is 5.62. The topological polar surface area (TPSA) is 63.4 Å². The second-order valence-electron chi connectivity index (χ2n) is 3.80. The van der Waals surface area contributed by atoms with Crippen molar-refractivity contribution in [3.05, 3.63) is 23.8 Å². The van der Waals surface area contributed by atoms with Crippen LogP contribution >= 0.6 is 0 Å². The summed E-state index contributed by atoms with van der Waals surface area (Å²) in [5.41, 5.74) is 4.89. The zero-order valence-corrected chi connectivity index (χ0v) is 11.1. The van der Waals surface area contributed by atoms with Gasteiger partial charge in [-0.2, -0.15) is 4.31 Å². The third-order valence-corrected chi connectivity index (χ3v) is 4.48. The number of rotatable bonds is 5. The van der Waals surface area contributed by atoms with Crippen molar-refractivity contribution >= 4 is 15.7 Å². The average Bonchev–Trinajstić information content (AvgIpc) is 2.30. The molecule has 0 aliphatic carbocycles. The van der Waals surface area contributed by atoms with Crippen LogP contribution in [-0.2, 0) is 10.0 Å². The monoisotopic (exact) mass is 278 g/mol. The van der Waals surface area contributed by atoms with E-state index < -0.39 is 26.6 Å². The molecule has 7 heteroatoms. The highest BCUT2D eigenvalue weighted by Gasteiger charge is 2.26. The zero-order chi connectivity index (χ0) is 13.9. The Morgan fingerprint density at radius 3 is 2.33 bits per heavy atom. The highest BCUT2D eigenvalue weighted by Crippen LogP contribution is 2.24. The maximum Gasteiger partial charge on any atom is 0.246 e. The first kappa shape index (κ1) is 14.8. The number of anilines is 1. The molecule has 0 saturated carbocycles. The molecule has 0 bridgehead atoms. The summed E-state index contributed by atoms with van der Waals surface area (Å²) in [6, 6.07) is 1.31. The highest BCUT2D eigenvalue weighted by molar-refractivity contribution is 7.89. The molecule has 0 spiro atoms. The van der Waals surface area contributed by atoms with E-state index in [1.54, 1.807) is 6.92 Å². The van der Waals surface area contributed by atoms with Gasteiger partial charge in [0.15, 0.2) is 0 Å². The summed E-state index contributed by atoms with van der Waals surface area (Å²) in [5, 5.41) is 0. The Bertz CT molecular complexity index is 532. The van der Waals surface area contributed by atoms with E-state index in [9.17, 15) is 17.2 Å². The van der Waals surface area contributed by atoms with Crippen molar-refractivity contribution in [2.45, 2.75) is 25.2 Å². The molecule has 0 radical (unpaired) electrons. The van der Waals surface area contributed by atoms with E-state index in [0.717, 1.165) is 10.4 Å². The molecule has 0 amide bonds. The Labute approximate surface area is 105 Å². The lowest BCUT2D eigenvalue weighted by Gasteiger charge is -2.20. The van der Waals surface area contributed by atoms with E-state index >= 15 is 0 Å². The Morgan fingerprint density at radius 2 is 1.83 bits per heavy atom. The molecule has 0 aliphatic heterocycles. The number of nitrogens with zero attached hydrogens (tertiary/aromatic N) is 1. The number of sulfonamides is 1. The Hall–Kier alpha value is -1.21. The molecule has 1 rings (SSSR count). The van der Waals surface area contributed by atoms with E-state index in [2.05, 4.69) is 0 Å². The molecule has 102 valence electrons. The number of hydrogen-bond donors (Lipinski definition) is 1. The first-order chi connectivity index (χ1) is 8.34. The van der Waals surface area contributed by atoms with Crippen molar-refractivity contribution in [1.82, 2.24) is 4.31 Å². The molecule has 0 fully saturated rings. The fourth-order valence-corrected chi connectivity index (χ4v) is 3.20. The van der Waals surface area contributed by atoms with E-state index in [1.165, 1.54) is 0 Å². The first-order valence-electron chi connectivity index (χ1n) is 5.59. The van der Waals surface area contributed by atoms with E-state index in [0.29, 0.717) is 12.5 Å². The molecule has 4 nitrogen and oxygen atoms in total. The summed E-state index contributed by atoms with van der Waals surface area (Å²) in [4.78, 5) is -0.586. The number of nitrogen functional groups attached to an aromatic ring is 1. The molecule has 0 unspecified atom stereocenters. The van der Waals surface area contributed by atoms with Crippen LogP contribution in [-0.4, -0.2) is 25.8 Å². The maximum atomic E-state index is 13.6. The van der Waals surface area contributed by atoms with Crippen LogP contribution in [0, 0.1) is 11.6 Å². The fraction of sp³-hybridized carbons (Fsp3) is 0.455. The normalized spacial score (nSPS) is 12.1. The van der Waals surface area contributed by atoms with Gasteiger partial charge >= 0.3 is 0 Å². The molecular formula is C11H16F2N2O2S. The van der Waals surface area contributed by atoms with Crippen LogP contribution in [0.5, 0.6) is 0 Å². The van der Waals surface area contributed by atoms with Crippen LogP contribution in [0.4, 0.5) is 14.5 Å². The van der Waals surface area contributed by atoms with Gasteiger partial charge in [-0.3, -0.25) is 0 Å². The van der Waals surface area contributed by atoms with Crippen LogP contribution in [0.25, 0.3) is 0 Å². The predicted octanol–water partition coefficient (Wildman–Crippen LogP) is 1.97. The van der Waals surface area contributed by atoms with E-state index in [4.69, 9.17) is 5.73 Å². The molecule has 0 aromatic heterocycles. The molecule has 0 aliphatic rings. The summed E-state index contributed by atoms with van der Waals surface area (Å²) < 4.78 is 52.0. The van der Waals surface area contributed by atoms with Gasteiger partial charge in [0.1, 0.15) is 16.5 Å². The van der Waals surface area contributed by atoms with E-state index in [-0.39, 0.29) is 18.8 Å². The zero-order valence-electron chi connectivity index (χ0n) is 10.3. The lowest BCUT2D eigenvalue weighted by molar-refractivity contribution is 0.422. The van der Waals surface area contributed by atoms with Gasteiger partial charge in [0, 0.05) is 19.2 Å². The molecule has 0 heterocycles. The number of benzene rings is 1. The third-order valence-electron chi connectivity index (χ3n) is 2.49. The van der Waals surface area contributed by atoms with Gasteiger partial charge in [0.05, 0.1) is 5.69 Å². The lowest BCUT2D eigenvalue weighted by atomic mass is 10.3. The molecule has 2 N–H and O–H groups in total. The van der Waals surface area contributed by atoms with Gasteiger partial charge < -0.3 is 5.73 Å². The van der Waals surface area contributed by atoms with Gasteiger partial charge in [-0.25, -0.2) is 17.2 Å². The fourth-order valence-electron chi connectivity index (χ4n) is 1.58. The van der Waals surface area contributed by atoms with Crippen LogP contribution in [0.3, 0.4) is 0 Å². The minimum absolute atomic E-state index is 0.215. The molecule has 18 heavy (non-hydrogen) atoms. The Morgan fingerprint density at radius 1 is 1.22 bits per heavy atom. The molecule has 1 aromatic rings. The Balaban J connectivity index is 3.32. The SMILES string of the molecule is CCCN(CC)S(=O)(=O)c1cc(N)c(F)cc1F. The minimum atomic E-state index is -3.97. The summed E-state index contributed by atoms with van der Waals surface area (Å²) >= 11 is 0. The summed E-state index contributed by atoms with van der Waals surface area (Å²) in [6.45, 7) is 3.95. The van der Waals surface area contributed by atoms with Crippen LogP contribution < -0.4 is 5.73 Å². The molecule has 0 atom stereocenters. The quantitative estimate of drug-likeness (QED) is 0.837. The van der Waals surface area contributed by atoms with Gasteiger partial charge in [0.25, 0.3) is 0 Å². The maximum absolute atomic E-state index is 13.6. The second-order valence-corrected chi connectivity index (χ2v) is 5.71. The van der Waals surface area contributed by atoms with Crippen LogP contribution in [0.2, 0.25) is 0 Å². The van der Waals surface area contributed by atoms with Gasteiger partial charge in [0.2, 0.25) is 10.0 Å². The summed E-state index contributed by atoms with van der Waals surface area (Å²) in [6.07, 6.45) is 0.603. The molecule has 0 saturated heterocycles. The highest BCUT2D eigenvalue weighted by atomic mass is 32.2.